The van der Waals surface area contributed by atoms with Crippen LogP contribution in [0.4, 0.5) is 5.69 Å². The molecule has 18 heavy (non-hydrogen) atoms. The second kappa shape index (κ2) is 4.89. The number of anilines is 1. The highest BCUT2D eigenvalue weighted by molar-refractivity contribution is 9.10. The number of nitrogens with one attached hydrogen (secondary N) is 1. The van der Waals surface area contributed by atoms with Crippen molar-refractivity contribution in [3.05, 3.63) is 28.2 Å². The van der Waals surface area contributed by atoms with Gasteiger partial charge in [-0.05, 0) is 37.0 Å². The summed E-state index contributed by atoms with van der Waals surface area (Å²) in [5.74, 6) is -0.895. The smallest absolute Gasteiger partial charge is 0.337 e. The molecule has 0 radical (unpaired) electrons. The Kier molecular flexibility index (Phi) is 3.63. The van der Waals surface area contributed by atoms with Gasteiger partial charge < -0.3 is 5.11 Å². The van der Waals surface area contributed by atoms with Gasteiger partial charge in [-0.1, -0.05) is 15.9 Å². The topological polar surface area (TPSA) is 83.5 Å². The molecule has 0 unspecified atom stereocenters. The maximum absolute atomic E-state index is 11.8. The van der Waals surface area contributed by atoms with Gasteiger partial charge in [0, 0.05) is 4.47 Å². The van der Waals surface area contributed by atoms with E-state index in [1.165, 1.54) is 12.1 Å². The summed E-state index contributed by atoms with van der Waals surface area (Å²) >= 11 is 3.19. The molecule has 1 aliphatic carbocycles. The number of halogens is 1. The fourth-order valence-electron chi connectivity index (χ4n) is 1.59. The molecule has 1 saturated carbocycles. The van der Waals surface area contributed by atoms with E-state index in [2.05, 4.69) is 20.7 Å². The SMILES string of the molecule is O=C(O)c1ccc(Br)cc1NS(=O)(=O)CC1CC1. The zero-order valence-corrected chi connectivity index (χ0v) is 11.8. The highest BCUT2D eigenvalue weighted by Gasteiger charge is 2.28. The second-order valence-corrected chi connectivity index (χ2v) is 7.00. The van der Waals surface area contributed by atoms with Crippen molar-refractivity contribution in [1.29, 1.82) is 0 Å². The molecule has 2 rings (SSSR count). The molecule has 1 aromatic carbocycles. The zero-order chi connectivity index (χ0) is 13.3. The summed E-state index contributed by atoms with van der Waals surface area (Å²) in [7, 11) is -3.48. The molecule has 1 aliphatic rings. The van der Waals surface area contributed by atoms with Gasteiger partial charge in [-0.15, -0.1) is 0 Å². The fraction of sp³-hybridized carbons (Fsp3) is 0.364. The molecule has 0 aliphatic heterocycles. The lowest BCUT2D eigenvalue weighted by molar-refractivity contribution is 0.0698. The number of carboxylic acids is 1. The first-order valence-electron chi connectivity index (χ1n) is 5.41. The van der Waals surface area contributed by atoms with E-state index in [1.807, 2.05) is 0 Å². The van der Waals surface area contributed by atoms with Crippen LogP contribution in [0.1, 0.15) is 23.2 Å². The van der Waals surface area contributed by atoms with Crippen molar-refractivity contribution in [3.8, 4) is 0 Å². The normalized spacial score (nSPS) is 15.4. The third-order valence-electron chi connectivity index (χ3n) is 2.63. The number of carbonyl (C=O) groups is 1. The number of carboxylic acid groups (broad SMARTS) is 1. The predicted octanol–water partition coefficient (Wildman–Crippen LogP) is 2.30. The molecule has 1 aromatic rings. The molecule has 0 spiro atoms. The summed E-state index contributed by atoms with van der Waals surface area (Å²) in [6.45, 7) is 0. The Morgan fingerprint density at radius 3 is 2.67 bits per heavy atom. The first kappa shape index (κ1) is 13.4. The summed E-state index contributed by atoms with van der Waals surface area (Å²) < 4.78 is 26.6. The minimum atomic E-state index is -3.48. The van der Waals surface area contributed by atoms with Crippen LogP contribution >= 0.6 is 15.9 Å². The molecule has 0 atom stereocenters. The van der Waals surface area contributed by atoms with Crippen LogP contribution in [0.5, 0.6) is 0 Å². The molecule has 0 heterocycles. The average molecular weight is 334 g/mol. The number of sulfonamides is 1. The first-order chi connectivity index (χ1) is 8.37. The molecule has 1 fully saturated rings. The molecule has 7 heteroatoms. The van der Waals surface area contributed by atoms with Crippen LogP contribution in [0.15, 0.2) is 22.7 Å². The van der Waals surface area contributed by atoms with Crippen LogP contribution < -0.4 is 4.72 Å². The van der Waals surface area contributed by atoms with Crippen LogP contribution in [0, 0.1) is 5.92 Å². The van der Waals surface area contributed by atoms with E-state index in [1.54, 1.807) is 6.07 Å². The monoisotopic (exact) mass is 333 g/mol. The Balaban J connectivity index is 2.26. The van der Waals surface area contributed by atoms with Crippen molar-refractivity contribution in [1.82, 2.24) is 0 Å². The Hall–Kier alpha value is -1.08. The van der Waals surface area contributed by atoms with E-state index < -0.39 is 16.0 Å². The maximum Gasteiger partial charge on any atom is 0.337 e. The van der Waals surface area contributed by atoms with Crippen molar-refractivity contribution < 1.29 is 18.3 Å². The lowest BCUT2D eigenvalue weighted by atomic mass is 10.2. The van der Waals surface area contributed by atoms with Gasteiger partial charge in [-0.2, -0.15) is 0 Å². The molecule has 0 amide bonds. The lowest BCUT2D eigenvalue weighted by Gasteiger charge is -2.10. The van der Waals surface area contributed by atoms with E-state index in [0.29, 0.717) is 4.47 Å². The Morgan fingerprint density at radius 2 is 2.11 bits per heavy atom. The van der Waals surface area contributed by atoms with Gasteiger partial charge in [-0.25, -0.2) is 13.2 Å². The van der Waals surface area contributed by atoms with Crippen LogP contribution in [0.25, 0.3) is 0 Å². The highest BCUT2D eigenvalue weighted by Crippen LogP contribution is 2.31. The average Bonchev–Trinajstić information content (AvgIpc) is 2.99. The van der Waals surface area contributed by atoms with Gasteiger partial charge in [0.15, 0.2) is 0 Å². The number of hydrogen-bond acceptors (Lipinski definition) is 3. The third kappa shape index (κ3) is 3.46. The van der Waals surface area contributed by atoms with Gasteiger partial charge in [0.2, 0.25) is 10.0 Å². The highest BCUT2D eigenvalue weighted by atomic mass is 79.9. The van der Waals surface area contributed by atoms with Crippen LogP contribution in [-0.2, 0) is 10.0 Å². The van der Waals surface area contributed by atoms with Crippen molar-refractivity contribution in [3.63, 3.8) is 0 Å². The molecule has 5 nitrogen and oxygen atoms in total. The summed E-state index contributed by atoms with van der Waals surface area (Å²) in [6, 6.07) is 4.37. The van der Waals surface area contributed by atoms with E-state index in [4.69, 9.17) is 5.11 Å². The van der Waals surface area contributed by atoms with E-state index in [0.717, 1.165) is 12.8 Å². The molecular formula is C11H12BrNO4S. The summed E-state index contributed by atoms with van der Waals surface area (Å²) in [4.78, 5) is 11.0. The summed E-state index contributed by atoms with van der Waals surface area (Å²) in [5.41, 5.74) is 0.0371. The minimum Gasteiger partial charge on any atom is -0.478 e. The van der Waals surface area contributed by atoms with Gasteiger partial charge in [0.1, 0.15) is 0 Å². The second-order valence-electron chi connectivity index (χ2n) is 4.32. The van der Waals surface area contributed by atoms with Crippen LogP contribution in [0.2, 0.25) is 0 Å². The zero-order valence-electron chi connectivity index (χ0n) is 9.39. The van der Waals surface area contributed by atoms with Crippen molar-refractivity contribution in [2.24, 2.45) is 5.92 Å². The lowest BCUT2D eigenvalue weighted by Crippen LogP contribution is -2.19. The van der Waals surface area contributed by atoms with Gasteiger partial charge in [0.25, 0.3) is 0 Å². The quantitative estimate of drug-likeness (QED) is 0.865. The maximum atomic E-state index is 11.8. The van der Waals surface area contributed by atoms with Gasteiger partial charge in [-0.3, -0.25) is 4.72 Å². The number of rotatable bonds is 5. The number of benzene rings is 1. The van der Waals surface area contributed by atoms with Gasteiger partial charge >= 0.3 is 5.97 Å². The minimum absolute atomic E-state index is 0.0541. The first-order valence-corrected chi connectivity index (χ1v) is 7.85. The molecule has 2 N–H and O–H groups in total. The van der Waals surface area contributed by atoms with Gasteiger partial charge in [0.05, 0.1) is 17.0 Å². The third-order valence-corrected chi connectivity index (χ3v) is 4.56. The largest absolute Gasteiger partial charge is 0.478 e. The van der Waals surface area contributed by atoms with E-state index in [-0.39, 0.29) is 22.9 Å². The summed E-state index contributed by atoms with van der Waals surface area (Å²) in [6.07, 6.45) is 1.84. The Labute approximate surface area is 113 Å². The molecule has 98 valence electrons. The van der Waals surface area contributed by atoms with E-state index >= 15 is 0 Å². The standard InChI is InChI=1S/C11H12BrNO4S/c12-8-3-4-9(11(14)15)10(5-8)13-18(16,17)6-7-1-2-7/h3-5,7,13H,1-2,6H2,(H,14,15). The van der Waals surface area contributed by atoms with Crippen molar-refractivity contribution in [2.45, 2.75) is 12.8 Å². The Bertz CT molecular complexity index is 581. The molecule has 0 bridgehead atoms. The van der Waals surface area contributed by atoms with E-state index in [9.17, 15) is 13.2 Å². The Morgan fingerprint density at radius 1 is 1.44 bits per heavy atom. The molecular weight excluding hydrogens is 322 g/mol. The molecule has 0 aromatic heterocycles. The van der Waals surface area contributed by atoms with Crippen molar-refractivity contribution in [2.75, 3.05) is 10.5 Å². The fourth-order valence-corrected chi connectivity index (χ4v) is 3.49. The van der Waals surface area contributed by atoms with Crippen molar-refractivity contribution >= 4 is 37.6 Å². The number of aromatic carboxylic acids is 1. The number of hydrogen-bond donors (Lipinski definition) is 2. The predicted molar refractivity (Wildman–Crippen MR) is 71.2 cm³/mol. The molecule has 0 saturated heterocycles. The summed E-state index contributed by atoms with van der Waals surface area (Å²) in [5, 5.41) is 9.00. The van der Waals surface area contributed by atoms with Crippen LogP contribution in [-0.4, -0.2) is 25.2 Å². The van der Waals surface area contributed by atoms with Crippen LogP contribution in [0.3, 0.4) is 0 Å².